The molecular formula is C12H17NO4S. The van der Waals surface area contributed by atoms with E-state index in [2.05, 4.69) is 0 Å². The summed E-state index contributed by atoms with van der Waals surface area (Å²) in [6, 6.07) is 0. The van der Waals surface area contributed by atoms with E-state index >= 15 is 0 Å². The van der Waals surface area contributed by atoms with Crippen LogP contribution >= 0.6 is 11.3 Å². The summed E-state index contributed by atoms with van der Waals surface area (Å²) in [6.45, 7) is 3.46. The third-order valence-corrected chi connectivity index (χ3v) is 3.97. The Labute approximate surface area is 109 Å². The Balaban J connectivity index is 3.01. The first-order chi connectivity index (χ1) is 8.51. The van der Waals surface area contributed by atoms with Gasteiger partial charge in [0, 0.05) is 11.6 Å². The molecule has 0 bridgehead atoms. The number of ketones is 1. The van der Waals surface area contributed by atoms with Crippen molar-refractivity contribution in [3.63, 3.8) is 0 Å². The molecular weight excluding hydrogens is 254 g/mol. The van der Waals surface area contributed by atoms with Crippen LogP contribution in [-0.4, -0.2) is 23.4 Å². The number of aromatic nitrogens is 1. The molecule has 0 atom stereocenters. The fraction of sp³-hybridized carbons (Fsp3) is 0.583. The van der Waals surface area contributed by atoms with Crippen molar-refractivity contribution in [1.82, 2.24) is 4.57 Å². The minimum absolute atomic E-state index is 0.0842. The molecule has 100 valence electrons. The molecule has 0 fully saturated rings. The number of rotatable bonds is 6. The van der Waals surface area contributed by atoms with Crippen LogP contribution in [-0.2, 0) is 20.9 Å². The fourth-order valence-electron chi connectivity index (χ4n) is 1.96. The van der Waals surface area contributed by atoms with Crippen LogP contribution in [0.4, 0.5) is 0 Å². The van der Waals surface area contributed by atoms with E-state index in [1.165, 1.54) is 11.7 Å². The molecule has 0 saturated carbocycles. The zero-order chi connectivity index (χ0) is 13.8. The van der Waals surface area contributed by atoms with E-state index in [9.17, 15) is 14.4 Å². The lowest BCUT2D eigenvalue weighted by Crippen LogP contribution is -2.42. The molecule has 0 aliphatic rings. The van der Waals surface area contributed by atoms with Crippen LogP contribution in [0.15, 0.2) is 16.4 Å². The second kappa shape index (κ2) is 5.95. The Kier molecular flexibility index (Phi) is 4.84. The van der Waals surface area contributed by atoms with E-state index in [1.54, 1.807) is 25.4 Å². The molecule has 6 heteroatoms. The van der Waals surface area contributed by atoms with Crippen LogP contribution in [0.3, 0.4) is 0 Å². The summed E-state index contributed by atoms with van der Waals surface area (Å²) in [7, 11) is 1.27. The maximum atomic E-state index is 12.3. The normalized spacial score (nSPS) is 11.3. The zero-order valence-corrected chi connectivity index (χ0v) is 11.6. The molecule has 18 heavy (non-hydrogen) atoms. The minimum atomic E-state index is -1.14. The molecule has 1 aromatic rings. The smallest absolute Gasteiger partial charge is 0.319 e. The highest BCUT2D eigenvalue weighted by atomic mass is 32.1. The lowest BCUT2D eigenvalue weighted by atomic mass is 9.78. The largest absolute Gasteiger partial charge is 0.468 e. The molecule has 0 unspecified atom stereocenters. The van der Waals surface area contributed by atoms with Gasteiger partial charge in [-0.3, -0.25) is 19.0 Å². The molecule has 1 aromatic heterocycles. The van der Waals surface area contributed by atoms with Gasteiger partial charge in [-0.05, 0) is 12.8 Å². The Morgan fingerprint density at radius 1 is 1.39 bits per heavy atom. The van der Waals surface area contributed by atoms with Gasteiger partial charge in [0.15, 0.2) is 5.78 Å². The number of carbonyl (C=O) groups is 2. The van der Waals surface area contributed by atoms with E-state index in [4.69, 9.17) is 4.74 Å². The monoisotopic (exact) mass is 271 g/mol. The Morgan fingerprint density at radius 2 is 2.00 bits per heavy atom. The first-order valence-corrected chi connectivity index (χ1v) is 6.65. The standard InChI is InChI=1S/C12H17NO4S/c1-4-12(5-2,10(15)17-3)9(14)8-13-6-7-18-11(13)16/h6-7H,4-5,8H2,1-3H3. The van der Waals surface area contributed by atoms with Gasteiger partial charge in [0.2, 0.25) is 0 Å². The van der Waals surface area contributed by atoms with Crippen LogP contribution in [0.25, 0.3) is 0 Å². The van der Waals surface area contributed by atoms with Crippen molar-refractivity contribution in [3.8, 4) is 0 Å². The molecule has 0 amide bonds. The number of nitrogens with zero attached hydrogens (tertiary/aromatic N) is 1. The third-order valence-electron chi connectivity index (χ3n) is 3.28. The van der Waals surface area contributed by atoms with Gasteiger partial charge in [-0.1, -0.05) is 25.2 Å². The highest BCUT2D eigenvalue weighted by Crippen LogP contribution is 2.29. The summed E-state index contributed by atoms with van der Waals surface area (Å²) in [6.07, 6.45) is 2.29. The highest BCUT2D eigenvalue weighted by molar-refractivity contribution is 7.07. The second-order valence-corrected chi connectivity index (χ2v) is 4.86. The molecule has 0 radical (unpaired) electrons. The predicted octanol–water partition coefficient (Wildman–Crippen LogP) is 1.46. The van der Waals surface area contributed by atoms with Gasteiger partial charge in [-0.25, -0.2) is 0 Å². The number of methoxy groups -OCH3 is 1. The van der Waals surface area contributed by atoms with E-state index in [0.29, 0.717) is 12.8 Å². The predicted molar refractivity (Wildman–Crippen MR) is 68.6 cm³/mol. The molecule has 1 rings (SSSR count). The molecule has 0 aliphatic carbocycles. The molecule has 0 spiro atoms. The first kappa shape index (κ1) is 14.6. The summed E-state index contributed by atoms with van der Waals surface area (Å²) in [4.78, 5) is 35.3. The van der Waals surface area contributed by atoms with Crippen LogP contribution in [0.1, 0.15) is 26.7 Å². The van der Waals surface area contributed by atoms with Gasteiger partial charge in [0.25, 0.3) is 0 Å². The first-order valence-electron chi connectivity index (χ1n) is 5.77. The van der Waals surface area contributed by atoms with Crippen LogP contribution < -0.4 is 4.87 Å². The van der Waals surface area contributed by atoms with Crippen LogP contribution in [0.5, 0.6) is 0 Å². The zero-order valence-electron chi connectivity index (χ0n) is 10.8. The van der Waals surface area contributed by atoms with Crippen molar-refractivity contribution >= 4 is 23.1 Å². The van der Waals surface area contributed by atoms with Crippen molar-refractivity contribution < 1.29 is 14.3 Å². The lowest BCUT2D eigenvalue weighted by Gasteiger charge is -2.26. The average Bonchev–Trinajstić information content (AvgIpc) is 2.77. The second-order valence-electron chi connectivity index (χ2n) is 4.00. The van der Waals surface area contributed by atoms with Crippen LogP contribution in [0.2, 0.25) is 0 Å². The summed E-state index contributed by atoms with van der Waals surface area (Å²) < 4.78 is 6.04. The number of Topliss-reactive ketones (excluding diaryl/α,β-unsaturated/α-hetero) is 1. The van der Waals surface area contributed by atoms with Crippen molar-refractivity contribution in [2.45, 2.75) is 33.2 Å². The number of hydrogen-bond donors (Lipinski definition) is 0. The molecule has 0 aliphatic heterocycles. The minimum Gasteiger partial charge on any atom is -0.468 e. The van der Waals surface area contributed by atoms with Gasteiger partial charge in [-0.2, -0.15) is 0 Å². The van der Waals surface area contributed by atoms with E-state index < -0.39 is 11.4 Å². The lowest BCUT2D eigenvalue weighted by molar-refractivity contribution is -0.159. The van der Waals surface area contributed by atoms with Crippen molar-refractivity contribution in [3.05, 3.63) is 21.2 Å². The number of carbonyl (C=O) groups excluding carboxylic acids is 2. The molecule has 5 nitrogen and oxygen atoms in total. The van der Waals surface area contributed by atoms with Gasteiger partial charge >= 0.3 is 10.8 Å². The highest BCUT2D eigenvalue weighted by Gasteiger charge is 2.43. The Bertz CT molecular complexity index is 484. The number of hydrogen-bond acceptors (Lipinski definition) is 5. The van der Waals surface area contributed by atoms with Crippen LogP contribution in [0, 0.1) is 5.41 Å². The van der Waals surface area contributed by atoms with E-state index in [-0.39, 0.29) is 17.2 Å². The fourth-order valence-corrected chi connectivity index (χ4v) is 2.54. The Morgan fingerprint density at radius 3 is 2.39 bits per heavy atom. The van der Waals surface area contributed by atoms with Crippen molar-refractivity contribution in [1.29, 1.82) is 0 Å². The van der Waals surface area contributed by atoms with Gasteiger partial charge in [0.1, 0.15) is 5.41 Å². The molecule has 0 saturated heterocycles. The topological polar surface area (TPSA) is 65.4 Å². The quantitative estimate of drug-likeness (QED) is 0.580. The Hall–Kier alpha value is -1.43. The molecule has 1 heterocycles. The van der Waals surface area contributed by atoms with Crippen molar-refractivity contribution in [2.24, 2.45) is 5.41 Å². The summed E-state index contributed by atoms with van der Waals surface area (Å²) in [5.41, 5.74) is -1.14. The SMILES string of the molecule is CCC(CC)(C(=O)Cn1ccsc1=O)C(=O)OC. The number of ether oxygens (including phenoxy) is 1. The summed E-state index contributed by atoms with van der Waals surface area (Å²) >= 11 is 1.03. The number of esters is 1. The van der Waals surface area contributed by atoms with Gasteiger partial charge < -0.3 is 4.74 Å². The third kappa shape index (κ3) is 2.53. The summed E-state index contributed by atoms with van der Waals surface area (Å²) in [5, 5.41) is 1.62. The maximum absolute atomic E-state index is 12.3. The maximum Gasteiger partial charge on any atom is 0.319 e. The summed E-state index contributed by atoms with van der Waals surface area (Å²) in [5.74, 6) is -0.805. The molecule has 0 N–H and O–H groups in total. The average molecular weight is 271 g/mol. The number of thiazole rings is 1. The van der Waals surface area contributed by atoms with Gasteiger partial charge in [0.05, 0.1) is 13.7 Å². The van der Waals surface area contributed by atoms with Gasteiger partial charge in [-0.15, -0.1) is 0 Å². The van der Waals surface area contributed by atoms with E-state index in [0.717, 1.165) is 11.3 Å². The molecule has 0 aromatic carbocycles. The van der Waals surface area contributed by atoms with Crippen molar-refractivity contribution in [2.75, 3.05) is 7.11 Å². The van der Waals surface area contributed by atoms with E-state index in [1.807, 2.05) is 0 Å².